The third kappa shape index (κ3) is 3.33. The molecule has 0 aliphatic heterocycles. The van der Waals surface area contributed by atoms with Crippen molar-refractivity contribution < 1.29 is 9.31 Å². The van der Waals surface area contributed by atoms with Gasteiger partial charge in [0.1, 0.15) is 5.82 Å². The molecule has 84 valence electrons. The van der Waals surface area contributed by atoms with Crippen LogP contribution in [0.3, 0.4) is 0 Å². The van der Waals surface area contributed by atoms with Crippen LogP contribution in [0.25, 0.3) is 0 Å². The number of terminal acetylenes is 1. The molecular formula is C11H11FN2O2. The maximum Gasteiger partial charge on any atom is 0.274 e. The van der Waals surface area contributed by atoms with Gasteiger partial charge in [0.25, 0.3) is 5.69 Å². The van der Waals surface area contributed by atoms with Gasteiger partial charge in [-0.3, -0.25) is 10.1 Å². The summed E-state index contributed by atoms with van der Waals surface area (Å²) in [6, 6.07) is 3.39. The number of nitrogens with zero attached hydrogens (tertiary/aromatic N) is 1. The molecule has 0 saturated heterocycles. The zero-order valence-corrected chi connectivity index (χ0v) is 8.57. The molecule has 0 aliphatic carbocycles. The van der Waals surface area contributed by atoms with E-state index >= 15 is 0 Å². The highest BCUT2D eigenvalue weighted by Gasteiger charge is 2.13. The summed E-state index contributed by atoms with van der Waals surface area (Å²) in [4.78, 5) is 10.1. The van der Waals surface area contributed by atoms with E-state index in [4.69, 9.17) is 6.42 Å². The standard InChI is InChI=1S/C11H11FN2O2/c1-2-3-6-13-8-9-7-10(12)4-5-11(9)14(15)16/h1,4-5,7,13H,3,6,8H2. The van der Waals surface area contributed by atoms with Crippen LogP contribution in [-0.2, 0) is 6.54 Å². The second-order valence-corrected chi connectivity index (χ2v) is 3.16. The predicted octanol–water partition coefficient (Wildman–Crippen LogP) is 1.85. The molecule has 0 heterocycles. The Bertz CT molecular complexity index is 426. The minimum absolute atomic E-state index is 0.0883. The number of hydrogen-bond acceptors (Lipinski definition) is 3. The highest BCUT2D eigenvalue weighted by molar-refractivity contribution is 5.40. The van der Waals surface area contributed by atoms with Gasteiger partial charge < -0.3 is 5.32 Å². The van der Waals surface area contributed by atoms with E-state index in [9.17, 15) is 14.5 Å². The van der Waals surface area contributed by atoms with Gasteiger partial charge in [0, 0.05) is 31.1 Å². The van der Waals surface area contributed by atoms with Crippen LogP contribution in [0.2, 0.25) is 0 Å². The lowest BCUT2D eigenvalue weighted by molar-refractivity contribution is -0.385. The molecule has 5 heteroatoms. The second kappa shape index (κ2) is 5.83. The van der Waals surface area contributed by atoms with E-state index in [1.165, 1.54) is 0 Å². The van der Waals surface area contributed by atoms with Crippen molar-refractivity contribution in [3.8, 4) is 12.3 Å². The highest BCUT2D eigenvalue weighted by atomic mass is 19.1. The third-order valence-corrected chi connectivity index (χ3v) is 2.00. The van der Waals surface area contributed by atoms with E-state index < -0.39 is 10.7 Å². The highest BCUT2D eigenvalue weighted by Crippen LogP contribution is 2.19. The fourth-order valence-electron chi connectivity index (χ4n) is 1.26. The van der Waals surface area contributed by atoms with Gasteiger partial charge in [-0.1, -0.05) is 0 Å². The van der Waals surface area contributed by atoms with Crippen LogP contribution in [0.15, 0.2) is 18.2 Å². The van der Waals surface area contributed by atoms with Crippen molar-refractivity contribution in [2.45, 2.75) is 13.0 Å². The van der Waals surface area contributed by atoms with Crippen molar-refractivity contribution >= 4 is 5.69 Å². The maximum absolute atomic E-state index is 12.9. The zero-order valence-electron chi connectivity index (χ0n) is 8.57. The van der Waals surface area contributed by atoms with Gasteiger partial charge in [-0.25, -0.2) is 4.39 Å². The van der Waals surface area contributed by atoms with E-state index in [1.54, 1.807) is 0 Å². The molecule has 0 aromatic heterocycles. The molecule has 1 rings (SSSR count). The van der Waals surface area contributed by atoms with Crippen LogP contribution >= 0.6 is 0 Å². The Balaban J connectivity index is 2.73. The van der Waals surface area contributed by atoms with Crippen molar-refractivity contribution in [3.05, 3.63) is 39.7 Å². The monoisotopic (exact) mass is 222 g/mol. The van der Waals surface area contributed by atoms with Gasteiger partial charge in [0.2, 0.25) is 0 Å². The lowest BCUT2D eigenvalue weighted by Crippen LogP contribution is -2.15. The van der Waals surface area contributed by atoms with Crippen LogP contribution in [0.4, 0.5) is 10.1 Å². The topological polar surface area (TPSA) is 55.2 Å². The normalized spacial score (nSPS) is 9.75. The molecule has 0 fully saturated rings. The zero-order chi connectivity index (χ0) is 12.0. The number of nitro groups is 1. The molecule has 0 bridgehead atoms. The first kappa shape index (κ1) is 12.1. The summed E-state index contributed by atoms with van der Waals surface area (Å²) >= 11 is 0. The Labute approximate surface area is 92.6 Å². The van der Waals surface area contributed by atoms with E-state index in [0.29, 0.717) is 18.5 Å². The van der Waals surface area contributed by atoms with Gasteiger partial charge in [-0.15, -0.1) is 12.3 Å². The van der Waals surface area contributed by atoms with Crippen molar-refractivity contribution in [2.75, 3.05) is 6.54 Å². The van der Waals surface area contributed by atoms with Gasteiger partial charge in [0.05, 0.1) is 4.92 Å². The average molecular weight is 222 g/mol. The van der Waals surface area contributed by atoms with Crippen molar-refractivity contribution in [1.82, 2.24) is 5.32 Å². The first-order valence-electron chi connectivity index (χ1n) is 4.72. The van der Waals surface area contributed by atoms with E-state index in [0.717, 1.165) is 18.2 Å². The quantitative estimate of drug-likeness (QED) is 0.358. The molecule has 0 spiro atoms. The molecule has 1 aromatic carbocycles. The summed E-state index contributed by atoms with van der Waals surface area (Å²) in [5.41, 5.74) is 0.233. The predicted molar refractivity (Wildman–Crippen MR) is 58.2 cm³/mol. The van der Waals surface area contributed by atoms with Crippen LogP contribution < -0.4 is 5.32 Å². The Morgan fingerprint density at radius 3 is 2.94 bits per heavy atom. The second-order valence-electron chi connectivity index (χ2n) is 3.16. The van der Waals surface area contributed by atoms with E-state index in [-0.39, 0.29) is 12.2 Å². The number of rotatable bonds is 5. The van der Waals surface area contributed by atoms with Gasteiger partial charge >= 0.3 is 0 Å². The fourth-order valence-corrected chi connectivity index (χ4v) is 1.26. The van der Waals surface area contributed by atoms with Crippen LogP contribution in [0.5, 0.6) is 0 Å². The van der Waals surface area contributed by atoms with Gasteiger partial charge in [0.15, 0.2) is 0 Å². The summed E-state index contributed by atoms with van der Waals surface area (Å²) in [6.07, 6.45) is 5.58. The van der Waals surface area contributed by atoms with Crippen molar-refractivity contribution in [1.29, 1.82) is 0 Å². The number of nitrogens with one attached hydrogen (secondary N) is 1. The molecule has 0 unspecified atom stereocenters. The SMILES string of the molecule is C#CCCNCc1cc(F)ccc1[N+](=O)[O-]. The molecule has 0 amide bonds. The van der Waals surface area contributed by atoms with Gasteiger partial charge in [-0.05, 0) is 12.1 Å². The largest absolute Gasteiger partial charge is 0.311 e. The number of halogens is 1. The Morgan fingerprint density at radius 1 is 1.56 bits per heavy atom. The fraction of sp³-hybridized carbons (Fsp3) is 0.273. The van der Waals surface area contributed by atoms with Crippen molar-refractivity contribution in [3.63, 3.8) is 0 Å². The number of nitro benzene ring substituents is 1. The lowest BCUT2D eigenvalue weighted by Gasteiger charge is -2.04. The molecule has 0 atom stereocenters. The van der Waals surface area contributed by atoms with Gasteiger partial charge in [-0.2, -0.15) is 0 Å². The van der Waals surface area contributed by atoms with Crippen LogP contribution in [0, 0.1) is 28.3 Å². The Hall–Kier alpha value is -1.93. The molecule has 1 aromatic rings. The Morgan fingerprint density at radius 2 is 2.31 bits per heavy atom. The summed E-state index contributed by atoms with van der Waals surface area (Å²) in [6.45, 7) is 0.778. The average Bonchev–Trinajstić information content (AvgIpc) is 2.24. The Kier molecular flexibility index (Phi) is 4.42. The minimum atomic E-state index is -0.530. The van der Waals surface area contributed by atoms with E-state index in [1.807, 2.05) is 0 Å². The molecular weight excluding hydrogens is 211 g/mol. The summed E-state index contributed by atoms with van der Waals surface area (Å²) < 4.78 is 12.9. The van der Waals surface area contributed by atoms with E-state index in [2.05, 4.69) is 11.2 Å². The molecule has 0 saturated carbocycles. The summed E-state index contributed by atoms with van der Waals surface area (Å²) in [5, 5.41) is 13.6. The molecule has 0 radical (unpaired) electrons. The molecule has 1 N–H and O–H groups in total. The smallest absolute Gasteiger partial charge is 0.274 e. The first-order valence-corrected chi connectivity index (χ1v) is 4.72. The molecule has 0 aliphatic rings. The summed E-state index contributed by atoms with van der Waals surface area (Å²) in [5.74, 6) is 1.95. The van der Waals surface area contributed by atoms with Crippen LogP contribution in [-0.4, -0.2) is 11.5 Å². The minimum Gasteiger partial charge on any atom is -0.311 e. The third-order valence-electron chi connectivity index (χ3n) is 2.00. The molecule has 16 heavy (non-hydrogen) atoms. The maximum atomic E-state index is 12.9. The molecule has 4 nitrogen and oxygen atoms in total. The number of hydrogen-bond donors (Lipinski definition) is 1. The van der Waals surface area contributed by atoms with Crippen molar-refractivity contribution in [2.24, 2.45) is 0 Å². The first-order chi connectivity index (χ1) is 7.65. The van der Waals surface area contributed by atoms with Crippen LogP contribution in [0.1, 0.15) is 12.0 Å². The lowest BCUT2D eigenvalue weighted by atomic mass is 10.1. The number of benzene rings is 1. The summed E-state index contributed by atoms with van der Waals surface area (Å²) in [7, 11) is 0.